The van der Waals surface area contributed by atoms with E-state index >= 15 is 0 Å². The summed E-state index contributed by atoms with van der Waals surface area (Å²) in [5, 5.41) is 10.1. The van der Waals surface area contributed by atoms with Crippen LogP contribution in [0.3, 0.4) is 0 Å². The number of halogens is 1. The zero-order valence-corrected chi connectivity index (χ0v) is 8.85. The van der Waals surface area contributed by atoms with Gasteiger partial charge in [-0.2, -0.15) is 0 Å². The summed E-state index contributed by atoms with van der Waals surface area (Å²) in [6, 6.07) is 13.6. The number of hydrogen-bond acceptors (Lipinski definition) is 2. The van der Waals surface area contributed by atoms with E-state index in [1.54, 1.807) is 6.07 Å². The molecule has 3 heteroatoms. The smallest absolute Gasteiger partial charge is 0.165 e. The maximum atomic E-state index is 13.2. The van der Waals surface area contributed by atoms with Gasteiger partial charge < -0.3 is 9.52 Å². The minimum Gasteiger partial charge on any atom is -0.505 e. The molecule has 0 saturated heterocycles. The van der Waals surface area contributed by atoms with Crippen LogP contribution in [0.15, 0.2) is 52.9 Å². The average Bonchev–Trinajstić information content (AvgIpc) is 2.76. The van der Waals surface area contributed by atoms with Gasteiger partial charge in [-0.15, -0.1) is 0 Å². The van der Waals surface area contributed by atoms with Gasteiger partial charge in [-0.05, 0) is 30.3 Å². The van der Waals surface area contributed by atoms with E-state index in [9.17, 15) is 4.39 Å². The summed E-state index contributed by atoms with van der Waals surface area (Å²) < 4.78 is 18.8. The van der Waals surface area contributed by atoms with Crippen LogP contribution in [0.5, 0.6) is 5.75 Å². The summed E-state index contributed by atoms with van der Waals surface area (Å²) in [6.45, 7) is 0. The van der Waals surface area contributed by atoms with Gasteiger partial charge in [-0.1, -0.05) is 18.2 Å². The largest absolute Gasteiger partial charge is 0.505 e. The molecule has 17 heavy (non-hydrogen) atoms. The van der Waals surface area contributed by atoms with Crippen molar-refractivity contribution >= 4 is 11.0 Å². The SMILES string of the molecule is Oc1ccc(-c2cc3ccccc3o2)cc1F. The van der Waals surface area contributed by atoms with Gasteiger partial charge >= 0.3 is 0 Å². The third-order valence-corrected chi connectivity index (χ3v) is 2.66. The lowest BCUT2D eigenvalue weighted by Crippen LogP contribution is -1.78. The molecular formula is C14H9FO2. The first-order valence-corrected chi connectivity index (χ1v) is 5.21. The molecule has 1 N–H and O–H groups in total. The second-order valence-electron chi connectivity index (χ2n) is 3.81. The Morgan fingerprint density at radius 3 is 2.59 bits per heavy atom. The Morgan fingerprint density at radius 2 is 1.82 bits per heavy atom. The number of aromatic hydroxyl groups is 1. The maximum Gasteiger partial charge on any atom is 0.165 e. The molecule has 84 valence electrons. The van der Waals surface area contributed by atoms with Crippen molar-refractivity contribution in [2.75, 3.05) is 0 Å². The van der Waals surface area contributed by atoms with E-state index in [4.69, 9.17) is 9.52 Å². The van der Waals surface area contributed by atoms with E-state index in [1.165, 1.54) is 12.1 Å². The quantitative estimate of drug-likeness (QED) is 0.684. The van der Waals surface area contributed by atoms with Crippen molar-refractivity contribution in [3.63, 3.8) is 0 Å². The summed E-state index contributed by atoms with van der Waals surface area (Å²) in [5.74, 6) is -0.419. The fourth-order valence-corrected chi connectivity index (χ4v) is 1.78. The number of para-hydroxylation sites is 1. The summed E-state index contributed by atoms with van der Waals surface area (Å²) in [7, 11) is 0. The van der Waals surface area contributed by atoms with Gasteiger partial charge in [0.15, 0.2) is 11.6 Å². The minimum absolute atomic E-state index is 0.357. The fraction of sp³-hybridized carbons (Fsp3) is 0. The summed E-state index contributed by atoms with van der Waals surface area (Å²) >= 11 is 0. The lowest BCUT2D eigenvalue weighted by atomic mass is 10.1. The van der Waals surface area contributed by atoms with Gasteiger partial charge in [-0.25, -0.2) is 4.39 Å². The molecule has 0 aliphatic carbocycles. The van der Waals surface area contributed by atoms with E-state index < -0.39 is 5.82 Å². The summed E-state index contributed by atoms with van der Waals surface area (Å²) in [4.78, 5) is 0. The Hall–Kier alpha value is -2.29. The normalized spacial score (nSPS) is 10.9. The monoisotopic (exact) mass is 228 g/mol. The minimum atomic E-state index is -0.650. The van der Waals surface area contributed by atoms with Crippen LogP contribution in [-0.4, -0.2) is 5.11 Å². The van der Waals surface area contributed by atoms with E-state index in [2.05, 4.69) is 0 Å². The third-order valence-electron chi connectivity index (χ3n) is 2.66. The highest BCUT2D eigenvalue weighted by Crippen LogP contribution is 2.29. The van der Waals surface area contributed by atoms with Gasteiger partial charge in [0.25, 0.3) is 0 Å². The lowest BCUT2D eigenvalue weighted by molar-refractivity contribution is 0.432. The maximum absolute atomic E-state index is 13.2. The Kier molecular flexibility index (Phi) is 2.11. The molecule has 0 fully saturated rings. The molecule has 0 radical (unpaired) electrons. The van der Waals surface area contributed by atoms with Crippen molar-refractivity contribution in [2.45, 2.75) is 0 Å². The van der Waals surface area contributed by atoms with Crippen LogP contribution in [0.1, 0.15) is 0 Å². The van der Waals surface area contributed by atoms with Crippen molar-refractivity contribution in [1.82, 2.24) is 0 Å². The molecule has 0 atom stereocenters. The van der Waals surface area contributed by atoms with Gasteiger partial charge in [0, 0.05) is 10.9 Å². The molecule has 0 saturated carbocycles. The van der Waals surface area contributed by atoms with Crippen LogP contribution in [0, 0.1) is 5.82 Å². The summed E-state index contributed by atoms with van der Waals surface area (Å²) in [6.07, 6.45) is 0. The highest BCUT2D eigenvalue weighted by atomic mass is 19.1. The Morgan fingerprint density at radius 1 is 1.00 bits per heavy atom. The molecule has 0 amide bonds. The topological polar surface area (TPSA) is 33.4 Å². The average molecular weight is 228 g/mol. The molecule has 3 rings (SSSR count). The molecule has 2 nitrogen and oxygen atoms in total. The van der Waals surface area contributed by atoms with Crippen molar-refractivity contribution in [3.8, 4) is 17.1 Å². The van der Waals surface area contributed by atoms with Crippen LogP contribution in [0.4, 0.5) is 4.39 Å². The first kappa shape index (κ1) is 9.90. The second kappa shape index (κ2) is 3.63. The van der Waals surface area contributed by atoms with E-state index in [0.29, 0.717) is 11.3 Å². The van der Waals surface area contributed by atoms with Crippen LogP contribution in [0.25, 0.3) is 22.3 Å². The number of phenols is 1. The predicted molar refractivity (Wildman–Crippen MR) is 63.3 cm³/mol. The molecule has 3 aromatic rings. The highest BCUT2D eigenvalue weighted by molar-refractivity contribution is 5.82. The van der Waals surface area contributed by atoms with Gasteiger partial charge in [0.1, 0.15) is 11.3 Å². The lowest BCUT2D eigenvalue weighted by Gasteiger charge is -1.98. The van der Waals surface area contributed by atoms with Crippen molar-refractivity contribution < 1.29 is 13.9 Å². The molecule has 0 aliphatic rings. The first-order valence-electron chi connectivity index (χ1n) is 5.21. The van der Waals surface area contributed by atoms with E-state index in [-0.39, 0.29) is 5.75 Å². The zero-order valence-electron chi connectivity index (χ0n) is 8.85. The van der Waals surface area contributed by atoms with Crippen LogP contribution >= 0.6 is 0 Å². The van der Waals surface area contributed by atoms with Gasteiger partial charge in [-0.3, -0.25) is 0 Å². The van der Waals surface area contributed by atoms with Gasteiger partial charge in [0.2, 0.25) is 0 Å². The number of hydrogen-bond donors (Lipinski definition) is 1. The third kappa shape index (κ3) is 1.65. The van der Waals surface area contributed by atoms with Crippen LogP contribution < -0.4 is 0 Å². The molecule has 0 spiro atoms. The second-order valence-corrected chi connectivity index (χ2v) is 3.81. The molecule has 2 aromatic carbocycles. The fourth-order valence-electron chi connectivity index (χ4n) is 1.78. The van der Waals surface area contributed by atoms with Crippen LogP contribution in [0.2, 0.25) is 0 Å². The molecule has 0 aliphatic heterocycles. The number of benzene rings is 2. The Labute approximate surface area is 96.9 Å². The molecule has 0 bridgehead atoms. The number of fused-ring (bicyclic) bond motifs is 1. The molecule has 0 unspecified atom stereocenters. The first-order chi connectivity index (χ1) is 8.24. The molecule has 1 aromatic heterocycles. The zero-order chi connectivity index (χ0) is 11.8. The number of phenolic OH excluding ortho intramolecular Hbond substituents is 1. The number of rotatable bonds is 1. The standard InChI is InChI=1S/C14H9FO2/c15-11-7-10(5-6-12(11)16)14-8-9-3-1-2-4-13(9)17-14/h1-8,16H. The van der Waals surface area contributed by atoms with Crippen molar-refractivity contribution in [2.24, 2.45) is 0 Å². The highest BCUT2D eigenvalue weighted by Gasteiger charge is 2.08. The van der Waals surface area contributed by atoms with Crippen LogP contribution in [-0.2, 0) is 0 Å². The molecule has 1 heterocycles. The van der Waals surface area contributed by atoms with Crippen molar-refractivity contribution in [1.29, 1.82) is 0 Å². The summed E-state index contributed by atoms with van der Waals surface area (Å²) in [5.41, 5.74) is 1.37. The molecular weight excluding hydrogens is 219 g/mol. The number of furan rings is 1. The van der Waals surface area contributed by atoms with Gasteiger partial charge in [0.05, 0.1) is 0 Å². The Bertz CT molecular complexity index is 653. The Balaban J connectivity index is 2.17. The van der Waals surface area contributed by atoms with Crippen molar-refractivity contribution in [3.05, 3.63) is 54.3 Å². The van der Waals surface area contributed by atoms with E-state index in [0.717, 1.165) is 11.0 Å². The predicted octanol–water partition coefficient (Wildman–Crippen LogP) is 3.94. The van der Waals surface area contributed by atoms with E-state index in [1.807, 2.05) is 30.3 Å².